The van der Waals surface area contributed by atoms with Crippen LogP contribution in [0.5, 0.6) is 0 Å². The number of nitrogens with zero attached hydrogens (tertiary/aromatic N) is 3. The number of hydrogen-bond acceptors (Lipinski definition) is 6. The molecule has 3 rings (SSSR count). The smallest absolute Gasteiger partial charge is 0.274 e. The predicted octanol–water partition coefficient (Wildman–Crippen LogP) is 1.03. The van der Waals surface area contributed by atoms with E-state index in [-0.39, 0.29) is 29.4 Å². The van der Waals surface area contributed by atoms with Gasteiger partial charge in [0.2, 0.25) is 0 Å². The number of piperidine rings is 1. The van der Waals surface area contributed by atoms with Gasteiger partial charge in [-0.05, 0) is 32.6 Å². The topological polar surface area (TPSA) is 93.6 Å². The molecule has 3 heterocycles. The molecule has 26 heavy (non-hydrogen) atoms. The first-order valence-electron chi connectivity index (χ1n) is 9.31. The maximum atomic E-state index is 12.8. The van der Waals surface area contributed by atoms with Gasteiger partial charge < -0.3 is 19.7 Å². The normalized spacial score (nSPS) is 23.5. The van der Waals surface area contributed by atoms with Gasteiger partial charge in [0, 0.05) is 38.7 Å². The van der Waals surface area contributed by atoms with Gasteiger partial charge in [-0.15, -0.1) is 0 Å². The molecule has 2 fully saturated rings. The largest absolute Gasteiger partial charge is 0.379 e. The quantitative estimate of drug-likeness (QED) is 0.841. The van der Waals surface area contributed by atoms with Gasteiger partial charge in [-0.2, -0.15) is 0 Å². The van der Waals surface area contributed by atoms with Crippen LogP contribution in [0.3, 0.4) is 0 Å². The number of hydrogen-bond donors (Lipinski definition) is 1. The van der Waals surface area contributed by atoms with E-state index in [4.69, 9.17) is 9.47 Å². The monoisotopic (exact) mass is 362 g/mol. The molecule has 0 saturated carbocycles. The summed E-state index contributed by atoms with van der Waals surface area (Å²) in [6, 6.07) is -0.170. The fourth-order valence-corrected chi connectivity index (χ4v) is 3.40. The van der Waals surface area contributed by atoms with E-state index in [1.54, 1.807) is 4.90 Å². The molecule has 1 aromatic heterocycles. The third kappa shape index (κ3) is 4.37. The molecule has 2 amide bonds. The number of rotatable bonds is 5. The Morgan fingerprint density at radius 1 is 1.23 bits per heavy atom. The van der Waals surface area contributed by atoms with Crippen molar-refractivity contribution in [1.29, 1.82) is 0 Å². The van der Waals surface area contributed by atoms with Crippen LogP contribution in [0.25, 0.3) is 0 Å². The van der Waals surface area contributed by atoms with Crippen molar-refractivity contribution in [1.82, 2.24) is 20.2 Å². The van der Waals surface area contributed by atoms with Crippen molar-refractivity contribution in [3.63, 3.8) is 0 Å². The molecule has 2 aliphatic rings. The SMILES string of the molecule is CCO[C@@H]1COCC[C@H]1NC(=O)c1nccnc1C(=O)N1CCCCC1. The number of amides is 2. The molecule has 2 atom stereocenters. The van der Waals surface area contributed by atoms with E-state index in [9.17, 15) is 9.59 Å². The van der Waals surface area contributed by atoms with E-state index in [0.717, 1.165) is 19.3 Å². The Bertz CT molecular complexity index is 631. The standard InChI is InChI=1S/C18H26N4O4/c1-2-26-14-12-25-11-6-13(14)21-17(23)15-16(20-8-7-19-15)18(24)22-9-4-3-5-10-22/h7-8,13-14H,2-6,9-12H2,1H3,(H,21,23)/t13-,14-/m1/s1. The highest BCUT2D eigenvalue weighted by Gasteiger charge is 2.31. The van der Waals surface area contributed by atoms with Gasteiger partial charge in [0.05, 0.1) is 12.6 Å². The number of aromatic nitrogens is 2. The first-order chi connectivity index (χ1) is 12.7. The minimum Gasteiger partial charge on any atom is -0.379 e. The summed E-state index contributed by atoms with van der Waals surface area (Å²) in [4.78, 5) is 35.6. The van der Waals surface area contributed by atoms with Crippen molar-refractivity contribution in [3.05, 3.63) is 23.8 Å². The highest BCUT2D eigenvalue weighted by molar-refractivity contribution is 6.04. The molecule has 8 nitrogen and oxygen atoms in total. The Hall–Kier alpha value is -2.06. The molecular weight excluding hydrogens is 336 g/mol. The third-order valence-corrected chi connectivity index (χ3v) is 4.76. The van der Waals surface area contributed by atoms with Crippen molar-refractivity contribution < 1.29 is 19.1 Å². The first-order valence-corrected chi connectivity index (χ1v) is 9.31. The zero-order valence-corrected chi connectivity index (χ0v) is 15.1. The Balaban J connectivity index is 1.73. The van der Waals surface area contributed by atoms with E-state index in [1.165, 1.54) is 12.4 Å². The lowest BCUT2D eigenvalue weighted by Crippen LogP contribution is -2.50. The maximum absolute atomic E-state index is 12.8. The summed E-state index contributed by atoms with van der Waals surface area (Å²) in [7, 11) is 0. The summed E-state index contributed by atoms with van der Waals surface area (Å²) in [5, 5.41) is 2.95. The zero-order valence-electron chi connectivity index (χ0n) is 15.1. The Labute approximate surface area is 153 Å². The summed E-state index contributed by atoms with van der Waals surface area (Å²) in [6.45, 7) is 4.86. The molecule has 1 aromatic rings. The summed E-state index contributed by atoms with van der Waals surface area (Å²) in [6.07, 6.45) is 6.43. The van der Waals surface area contributed by atoms with Gasteiger partial charge in [0.15, 0.2) is 11.4 Å². The zero-order chi connectivity index (χ0) is 18.4. The molecule has 0 bridgehead atoms. The van der Waals surface area contributed by atoms with Crippen molar-refractivity contribution in [3.8, 4) is 0 Å². The van der Waals surface area contributed by atoms with Crippen LogP contribution in [0.1, 0.15) is 53.6 Å². The van der Waals surface area contributed by atoms with Crippen LogP contribution in [-0.2, 0) is 9.47 Å². The Morgan fingerprint density at radius 3 is 2.69 bits per heavy atom. The summed E-state index contributed by atoms with van der Waals surface area (Å²) in [5.41, 5.74) is 0.191. The molecule has 0 unspecified atom stereocenters. The lowest BCUT2D eigenvalue weighted by atomic mass is 10.1. The average Bonchev–Trinajstić information content (AvgIpc) is 2.70. The van der Waals surface area contributed by atoms with Crippen LogP contribution >= 0.6 is 0 Å². The first kappa shape index (κ1) is 18.7. The van der Waals surface area contributed by atoms with E-state index < -0.39 is 5.91 Å². The minimum atomic E-state index is -0.393. The van der Waals surface area contributed by atoms with Gasteiger partial charge in [0.25, 0.3) is 11.8 Å². The van der Waals surface area contributed by atoms with Gasteiger partial charge in [0.1, 0.15) is 6.10 Å². The molecule has 0 aromatic carbocycles. The van der Waals surface area contributed by atoms with Gasteiger partial charge in [-0.1, -0.05) is 0 Å². The van der Waals surface area contributed by atoms with E-state index in [0.29, 0.717) is 39.3 Å². The van der Waals surface area contributed by atoms with Gasteiger partial charge in [-0.3, -0.25) is 9.59 Å². The second kappa shape index (κ2) is 9.05. The van der Waals surface area contributed by atoms with Crippen molar-refractivity contribution in [2.45, 2.75) is 44.8 Å². The molecule has 1 N–H and O–H groups in total. The molecule has 0 spiro atoms. The highest BCUT2D eigenvalue weighted by atomic mass is 16.5. The van der Waals surface area contributed by atoms with Crippen LogP contribution in [0.2, 0.25) is 0 Å². The lowest BCUT2D eigenvalue weighted by Gasteiger charge is -2.32. The van der Waals surface area contributed by atoms with E-state index in [1.807, 2.05) is 6.92 Å². The minimum absolute atomic E-state index is 0.0739. The van der Waals surface area contributed by atoms with Gasteiger partial charge in [-0.25, -0.2) is 9.97 Å². The summed E-state index contributed by atoms with van der Waals surface area (Å²) >= 11 is 0. The molecular formula is C18H26N4O4. The fourth-order valence-electron chi connectivity index (χ4n) is 3.40. The van der Waals surface area contributed by atoms with Crippen LogP contribution in [0, 0.1) is 0 Å². The number of nitrogens with one attached hydrogen (secondary N) is 1. The number of ether oxygens (including phenoxy) is 2. The second-order valence-corrected chi connectivity index (χ2v) is 6.54. The van der Waals surface area contributed by atoms with Crippen LogP contribution in [-0.4, -0.2) is 71.7 Å². The van der Waals surface area contributed by atoms with Crippen molar-refractivity contribution in [2.24, 2.45) is 0 Å². The average molecular weight is 362 g/mol. The van der Waals surface area contributed by atoms with Crippen molar-refractivity contribution >= 4 is 11.8 Å². The fraction of sp³-hybridized carbons (Fsp3) is 0.667. The number of carbonyl (C=O) groups is 2. The van der Waals surface area contributed by atoms with Crippen LogP contribution < -0.4 is 5.32 Å². The Morgan fingerprint density at radius 2 is 1.96 bits per heavy atom. The second-order valence-electron chi connectivity index (χ2n) is 6.54. The molecule has 142 valence electrons. The third-order valence-electron chi connectivity index (χ3n) is 4.76. The van der Waals surface area contributed by atoms with Crippen LogP contribution in [0.15, 0.2) is 12.4 Å². The molecule has 0 radical (unpaired) electrons. The van der Waals surface area contributed by atoms with Gasteiger partial charge >= 0.3 is 0 Å². The highest BCUT2D eigenvalue weighted by Crippen LogP contribution is 2.15. The molecule has 2 aliphatic heterocycles. The molecule has 2 saturated heterocycles. The number of carbonyl (C=O) groups excluding carboxylic acids is 2. The lowest BCUT2D eigenvalue weighted by molar-refractivity contribution is -0.0633. The maximum Gasteiger partial charge on any atom is 0.274 e. The summed E-state index contributed by atoms with van der Waals surface area (Å²) < 4.78 is 11.1. The number of likely N-dealkylation sites (tertiary alicyclic amines) is 1. The summed E-state index contributed by atoms with van der Waals surface area (Å²) in [5.74, 6) is -0.619. The Kier molecular flexibility index (Phi) is 6.51. The van der Waals surface area contributed by atoms with Crippen molar-refractivity contribution in [2.75, 3.05) is 32.9 Å². The van der Waals surface area contributed by atoms with E-state index in [2.05, 4.69) is 15.3 Å². The molecule has 8 heteroatoms. The van der Waals surface area contributed by atoms with E-state index >= 15 is 0 Å². The predicted molar refractivity (Wildman–Crippen MR) is 93.9 cm³/mol. The van der Waals surface area contributed by atoms with Crippen LogP contribution in [0.4, 0.5) is 0 Å². The molecule has 0 aliphatic carbocycles.